The zero-order chi connectivity index (χ0) is 10.2. The minimum Gasteiger partial charge on any atom is -0.317 e. The third-order valence-electron chi connectivity index (χ3n) is 2.03. The average molecular weight is 193 g/mol. The van der Waals surface area contributed by atoms with Crippen LogP contribution in [0.1, 0.15) is 25.8 Å². The molecule has 3 nitrogen and oxygen atoms in total. The van der Waals surface area contributed by atoms with E-state index in [1.165, 1.54) is 5.56 Å². The highest BCUT2D eigenvalue weighted by Crippen LogP contribution is 2.00. The van der Waals surface area contributed by atoms with Gasteiger partial charge in [0.1, 0.15) is 0 Å². The number of aryl methyl sites for hydroxylation is 1. The van der Waals surface area contributed by atoms with Gasteiger partial charge >= 0.3 is 0 Å². The molecule has 0 atom stereocenters. The standard InChI is InChI=1S/C11H19N3/c1-3-12-8-6-5-7-11-9-13-14(4-2)10-11/h5,7,9-10,12H,3-4,6,8H2,1-2H3. The molecule has 78 valence electrons. The third-order valence-corrected chi connectivity index (χ3v) is 2.03. The zero-order valence-electron chi connectivity index (χ0n) is 9.03. The van der Waals surface area contributed by atoms with Gasteiger partial charge in [-0.3, -0.25) is 4.68 Å². The molecule has 1 N–H and O–H groups in total. The summed E-state index contributed by atoms with van der Waals surface area (Å²) in [5, 5.41) is 7.48. The quantitative estimate of drug-likeness (QED) is 0.699. The predicted molar refractivity (Wildman–Crippen MR) is 60.1 cm³/mol. The van der Waals surface area contributed by atoms with Gasteiger partial charge < -0.3 is 5.32 Å². The first-order chi connectivity index (χ1) is 6.86. The van der Waals surface area contributed by atoms with Gasteiger partial charge in [-0.1, -0.05) is 19.1 Å². The summed E-state index contributed by atoms with van der Waals surface area (Å²) in [5.74, 6) is 0. The predicted octanol–water partition coefficient (Wildman–Crippen LogP) is 1.92. The maximum atomic E-state index is 4.20. The molecule has 0 bridgehead atoms. The molecular formula is C11H19N3. The first-order valence-corrected chi connectivity index (χ1v) is 5.26. The molecule has 1 aromatic rings. The highest BCUT2D eigenvalue weighted by molar-refractivity contribution is 5.46. The van der Waals surface area contributed by atoms with Gasteiger partial charge in [-0.2, -0.15) is 5.10 Å². The molecule has 0 spiro atoms. The van der Waals surface area contributed by atoms with Crippen molar-refractivity contribution in [2.24, 2.45) is 0 Å². The van der Waals surface area contributed by atoms with Crippen LogP contribution in [-0.2, 0) is 6.54 Å². The average Bonchev–Trinajstić information content (AvgIpc) is 2.65. The van der Waals surface area contributed by atoms with Crippen molar-refractivity contribution in [2.45, 2.75) is 26.8 Å². The molecular weight excluding hydrogens is 174 g/mol. The van der Waals surface area contributed by atoms with E-state index in [1.54, 1.807) is 0 Å². The van der Waals surface area contributed by atoms with Crippen molar-refractivity contribution in [3.63, 3.8) is 0 Å². The van der Waals surface area contributed by atoms with Crippen LogP contribution in [0.3, 0.4) is 0 Å². The Bertz CT molecular complexity index is 276. The van der Waals surface area contributed by atoms with Gasteiger partial charge in [-0.15, -0.1) is 0 Å². The lowest BCUT2D eigenvalue weighted by molar-refractivity contribution is 0.660. The zero-order valence-corrected chi connectivity index (χ0v) is 9.03. The molecule has 0 amide bonds. The van der Waals surface area contributed by atoms with E-state index in [-0.39, 0.29) is 0 Å². The summed E-state index contributed by atoms with van der Waals surface area (Å²) in [6.45, 7) is 7.24. The second-order valence-electron chi connectivity index (χ2n) is 3.17. The van der Waals surface area contributed by atoms with Gasteiger partial charge in [-0.25, -0.2) is 0 Å². The fourth-order valence-corrected chi connectivity index (χ4v) is 1.22. The third kappa shape index (κ3) is 3.75. The highest BCUT2D eigenvalue weighted by Gasteiger charge is 1.90. The molecule has 0 unspecified atom stereocenters. The number of hydrogen-bond donors (Lipinski definition) is 1. The molecule has 0 aliphatic carbocycles. The van der Waals surface area contributed by atoms with E-state index < -0.39 is 0 Å². The molecule has 0 aromatic carbocycles. The number of hydrogen-bond acceptors (Lipinski definition) is 2. The summed E-state index contributed by atoms with van der Waals surface area (Å²) in [5.41, 5.74) is 1.18. The Hall–Kier alpha value is -1.09. The number of nitrogens with one attached hydrogen (secondary N) is 1. The first-order valence-electron chi connectivity index (χ1n) is 5.26. The molecule has 1 rings (SSSR count). The summed E-state index contributed by atoms with van der Waals surface area (Å²) in [6.07, 6.45) is 9.33. The molecule has 1 heterocycles. The van der Waals surface area contributed by atoms with Crippen LogP contribution in [0.15, 0.2) is 18.5 Å². The second kappa shape index (κ2) is 6.38. The molecule has 14 heavy (non-hydrogen) atoms. The summed E-state index contributed by atoms with van der Waals surface area (Å²) < 4.78 is 1.93. The lowest BCUT2D eigenvalue weighted by Crippen LogP contribution is -2.12. The van der Waals surface area contributed by atoms with Crippen LogP contribution >= 0.6 is 0 Å². The van der Waals surface area contributed by atoms with E-state index in [4.69, 9.17) is 0 Å². The summed E-state index contributed by atoms with van der Waals surface area (Å²) in [6, 6.07) is 0. The molecule has 0 saturated heterocycles. The van der Waals surface area contributed by atoms with Crippen LogP contribution in [0.4, 0.5) is 0 Å². The normalized spacial score (nSPS) is 11.3. The van der Waals surface area contributed by atoms with E-state index in [2.05, 4.69) is 42.6 Å². The van der Waals surface area contributed by atoms with E-state index in [0.717, 1.165) is 26.1 Å². The maximum Gasteiger partial charge on any atom is 0.0562 e. The van der Waals surface area contributed by atoms with Crippen LogP contribution < -0.4 is 5.32 Å². The van der Waals surface area contributed by atoms with E-state index in [0.29, 0.717) is 0 Å². The van der Waals surface area contributed by atoms with Crippen LogP contribution in [-0.4, -0.2) is 22.9 Å². The molecule has 3 heteroatoms. The first kappa shape index (κ1) is 11.0. The van der Waals surface area contributed by atoms with Gasteiger partial charge in [0, 0.05) is 18.3 Å². The van der Waals surface area contributed by atoms with Crippen LogP contribution in [0.2, 0.25) is 0 Å². The van der Waals surface area contributed by atoms with Crippen molar-refractivity contribution in [3.05, 3.63) is 24.0 Å². The fourth-order valence-electron chi connectivity index (χ4n) is 1.22. The van der Waals surface area contributed by atoms with Gasteiger partial charge in [0.25, 0.3) is 0 Å². The highest BCUT2D eigenvalue weighted by atomic mass is 15.3. The maximum absolute atomic E-state index is 4.20. The van der Waals surface area contributed by atoms with Crippen LogP contribution in [0.5, 0.6) is 0 Å². The lowest BCUT2D eigenvalue weighted by atomic mass is 10.3. The van der Waals surface area contributed by atoms with Gasteiger partial charge in [0.15, 0.2) is 0 Å². The van der Waals surface area contributed by atoms with E-state index in [9.17, 15) is 0 Å². The molecule has 0 aliphatic rings. The summed E-state index contributed by atoms with van der Waals surface area (Å²) in [4.78, 5) is 0. The number of rotatable bonds is 6. The van der Waals surface area contributed by atoms with Crippen molar-refractivity contribution in [1.29, 1.82) is 0 Å². The molecule has 0 fully saturated rings. The topological polar surface area (TPSA) is 29.9 Å². The van der Waals surface area contributed by atoms with Crippen molar-refractivity contribution in [2.75, 3.05) is 13.1 Å². The number of aromatic nitrogens is 2. The molecule has 0 radical (unpaired) electrons. The Morgan fingerprint density at radius 1 is 1.50 bits per heavy atom. The SMILES string of the molecule is CCNCCC=Cc1cnn(CC)c1. The van der Waals surface area contributed by atoms with Crippen molar-refractivity contribution in [1.82, 2.24) is 15.1 Å². The van der Waals surface area contributed by atoms with Gasteiger partial charge in [0.05, 0.1) is 6.20 Å². The van der Waals surface area contributed by atoms with Crippen molar-refractivity contribution in [3.8, 4) is 0 Å². The minimum absolute atomic E-state index is 0.936. The summed E-state index contributed by atoms with van der Waals surface area (Å²) >= 11 is 0. The monoisotopic (exact) mass is 193 g/mol. The van der Waals surface area contributed by atoms with E-state index >= 15 is 0 Å². The Balaban J connectivity index is 2.28. The molecule has 0 aliphatic heterocycles. The number of nitrogens with zero attached hydrogens (tertiary/aromatic N) is 2. The Kier molecular flexibility index (Phi) is 5.00. The Morgan fingerprint density at radius 2 is 2.36 bits per heavy atom. The van der Waals surface area contributed by atoms with Crippen molar-refractivity contribution >= 4 is 6.08 Å². The van der Waals surface area contributed by atoms with Gasteiger partial charge in [0.2, 0.25) is 0 Å². The largest absolute Gasteiger partial charge is 0.317 e. The lowest BCUT2D eigenvalue weighted by Gasteiger charge is -1.94. The summed E-state index contributed by atoms with van der Waals surface area (Å²) in [7, 11) is 0. The van der Waals surface area contributed by atoms with Crippen LogP contribution in [0.25, 0.3) is 6.08 Å². The molecule has 1 aromatic heterocycles. The van der Waals surface area contributed by atoms with Crippen LogP contribution in [0, 0.1) is 0 Å². The van der Waals surface area contributed by atoms with Crippen molar-refractivity contribution < 1.29 is 0 Å². The minimum atomic E-state index is 0.936. The molecule has 0 saturated carbocycles. The smallest absolute Gasteiger partial charge is 0.0562 e. The fraction of sp³-hybridized carbons (Fsp3) is 0.545. The Labute approximate surface area is 85.8 Å². The van der Waals surface area contributed by atoms with E-state index in [1.807, 2.05) is 10.9 Å². The van der Waals surface area contributed by atoms with Gasteiger partial charge in [-0.05, 0) is 26.4 Å². The second-order valence-corrected chi connectivity index (χ2v) is 3.17. The Morgan fingerprint density at radius 3 is 3.00 bits per heavy atom.